The van der Waals surface area contributed by atoms with Gasteiger partial charge in [0, 0.05) is 11.8 Å². The number of hydrogen-bond donors (Lipinski definition) is 0. The smallest absolute Gasteiger partial charge is 0.197 e. The van der Waals surface area contributed by atoms with Crippen molar-refractivity contribution in [3.8, 4) is 11.3 Å². The first-order chi connectivity index (χ1) is 7.83. The van der Waals surface area contributed by atoms with E-state index >= 15 is 0 Å². The minimum atomic E-state index is 0.572. The zero-order chi connectivity index (χ0) is 11.0. The van der Waals surface area contributed by atoms with E-state index in [-0.39, 0.29) is 0 Å². The van der Waals surface area contributed by atoms with Gasteiger partial charge >= 0.3 is 0 Å². The molecule has 16 heavy (non-hydrogen) atoms. The molecule has 2 aromatic heterocycles. The Morgan fingerprint density at radius 1 is 1.12 bits per heavy atom. The lowest BCUT2D eigenvalue weighted by Gasteiger charge is -1.99. The average Bonchev–Trinajstić information content (AvgIpc) is 2.75. The predicted molar refractivity (Wildman–Crippen MR) is 62.7 cm³/mol. The highest BCUT2D eigenvalue weighted by molar-refractivity contribution is 9.10. The van der Waals surface area contributed by atoms with E-state index in [2.05, 4.69) is 30.9 Å². The standard InChI is InChI=1S/C11H6BrN3O/c12-11-13-4-3-8(15-11)7-1-2-9-10(5-7)16-6-14-9/h1-6H. The second-order valence-electron chi connectivity index (χ2n) is 3.25. The van der Waals surface area contributed by atoms with E-state index in [9.17, 15) is 0 Å². The van der Waals surface area contributed by atoms with Crippen LogP contribution in [0, 0.1) is 0 Å². The van der Waals surface area contributed by atoms with Crippen LogP contribution in [0.4, 0.5) is 0 Å². The molecule has 2 heterocycles. The molecule has 0 N–H and O–H groups in total. The lowest BCUT2D eigenvalue weighted by molar-refractivity contribution is 0.602. The van der Waals surface area contributed by atoms with Gasteiger partial charge in [-0.2, -0.15) is 0 Å². The Labute approximate surface area is 99.5 Å². The first-order valence-electron chi connectivity index (χ1n) is 4.65. The summed E-state index contributed by atoms with van der Waals surface area (Å²) < 4.78 is 5.82. The molecule has 0 radical (unpaired) electrons. The number of nitrogens with zero attached hydrogens (tertiary/aromatic N) is 3. The summed E-state index contributed by atoms with van der Waals surface area (Å²) in [7, 11) is 0. The Morgan fingerprint density at radius 3 is 2.94 bits per heavy atom. The van der Waals surface area contributed by atoms with Crippen LogP contribution in [0.5, 0.6) is 0 Å². The van der Waals surface area contributed by atoms with Crippen LogP contribution in [0.1, 0.15) is 0 Å². The van der Waals surface area contributed by atoms with Gasteiger partial charge in [0.15, 0.2) is 16.7 Å². The number of fused-ring (bicyclic) bond motifs is 1. The first kappa shape index (κ1) is 9.47. The second-order valence-corrected chi connectivity index (χ2v) is 3.96. The van der Waals surface area contributed by atoms with Crippen LogP contribution < -0.4 is 0 Å². The van der Waals surface area contributed by atoms with Crippen LogP contribution in [0.2, 0.25) is 0 Å². The van der Waals surface area contributed by atoms with Gasteiger partial charge in [0.25, 0.3) is 0 Å². The van der Waals surface area contributed by atoms with Crippen LogP contribution in [0.15, 0.2) is 46.0 Å². The van der Waals surface area contributed by atoms with Crippen molar-refractivity contribution in [2.75, 3.05) is 0 Å². The largest absolute Gasteiger partial charge is 0.443 e. The molecule has 0 unspecified atom stereocenters. The SMILES string of the molecule is Brc1nccc(-c2ccc3ncoc3c2)n1. The number of hydrogen-bond acceptors (Lipinski definition) is 4. The van der Waals surface area contributed by atoms with E-state index in [4.69, 9.17) is 4.42 Å². The van der Waals surface area contributed by atoms with Gasteiger partial charge in [-0.3, -0.25) is 0 Å². The molecule has 0 amide bonds. The summed E-state index contributed by atoms with van der Waals surface area (Å²) >= 11 is 3.24. The van der Waals surface area contributed by atoms with Crippen molar-refractivity contribution < 1.29 is 4.42 Å². The van der Waals surface area contributed by atoms with Crippen molar-refractivity contribution in [3.63, 3.8) is 0 Å². The zero-order valence-electron chi connectivity index (χ0n) is 8.09. The van der Waals surface area contributed by atoms with Crippen LogP contribution in [0.3, 0.4) is 0 Å². The minimum Gasteiger partial charge on any atom is -0.443 e. The molecule has 3 aromatic rings. The van der Waals surface area contributed by atoms with Gasteiger partial charge in [0.05, 0.1) is 5.69 Å². The van der Waals surface area contributed by atoms with Gasteiger partial charge in [-0.1, -0.05) is 6.07 Å². The van der Waals surface area contributed by atoms with Gasteiger partial charge in [-0.15, -0.1) is 0 Å². The van der Waals surface area contributed by atoms with Crippen molar-refractivity contribution in [2.24, 2.45) is 0 Å². The van der Waals surface area contributed by atoms with Crippen molar-refractivity contribution in [3.05, 3.63) is 41.6 Å². The highest BCUT2D eigenvalue weighted by Gasteiger charge is 2.04. The van der Waals surface area contributed by atoms with Crippen molar-refractivity contribution in [2.45, 2.75) is 0 Å². The van der Waals surface area contributed by atoms with E-state index < -0.39 is 0 Å². The topological polar surface area (TPSA) is 51.8 Å². The Hall–Kier alpha value is -1.75. The van der Waals surface area contributed by atoms with Crippen LogP contribution in [-0.4, -0.2) is 15.0 Å². The maximum absolute atomic E-state index is 5.24. The number of aromatic nitrogens is 3. The Kier molecular flexibility index (Phi) is 2.18. The molecule has 78 valence electrons. The summed E-state index contributed by atoms with van der Waals surface area (Å²) in [5, 5.41) is 0. The first-order valence-corrected chi connectivity index (χ1v) is 5.44. The van der Waals surface area contributed by atoms with E-state index in [1.165, 1.54) is 6.39 Å². The molecule has 0 bridgehead atoms. The van der Waals surface area contributed by atoms with Gasteiger partial charge < -0.3 is 4.42 Å². The lowest BCUT2D eigenvalue weighted by Crippen LogP contribution is -1.86. The number of rotatable bonds is 1. The Balaban J connectivity index is 2.18. The normalized spacial score (nSPS) is 10.8. The molecule has 0 saturated carbocycles. The summed E-state index contributed by atoms with van der Waals surface area (Å²) in [4.78, 5) is 12.3. The van der Waals surface area contributed by atoms with Gasteiger partial charge in [0.2, 0.25) is 0 Å². The third-order valence-electron chi connectivity index (χ3n) is 2.25. The summed E-state index contributed by atoms with van der Waals surface area (Å²) in [5.41, 5.74) is 3.43. The van der Waals surface area contributed by atoms with Crippen molar-refractivity contribution in [1.29, 1.82) is 0 Å². The van der Waals surface area contributed by atoms with Crippen LogP contribution in [0.25, 0.3) is 22.4 Å². The average molecular weight is 276 g/mol. The molecular formula is C11H6BrN3O. The van der Waals surface area contributed by atoms with E-state index in [1.54, 1.807) is 6.20 Å². The summed E-state index contributed by atoms with van der Waals surface area (Å²) in [5.74, 6) is 0. The molecule has 0 aliphatic heterocycles. The highest BCUT2D eigenvalue weighted by Crippen LogP contribution is 2.22. The molecule has 0 aliphatic carbocycles. The monoisotopic (exact) mass is 275 g/mol. The maximum atomic E-state index is 5.24. The molecule has 0 fully saturated rings. The quantitative estimate of drug-likeness (QED) is 0.641. The third-order valence-corrected chi connectivity index (χ3v) is 2.64. The molecule has 0 saturated heterocycles. The van der Waals surface area contributed by atoms with Crippen LogP contribution >= 0.6 is 15.9 Å². The number of benzene rings is 1. The molecule has 4 nitrogen and oxygen atoms in total. The summed E-state index contributed by atoms with van der Waals surface area (Å²) in [6.07, 6.45) is 3.14. The Morgan fingerprint density at radius 2 is 2.06 bits per heavy atom. The van der Waals surface area contributed by atoms with Gasteiger partial charge in [-0.05, 0) is 34.1 Å². The molecule has 3 rings (SSSR count). The van der Waals surface area contributed by atoms with E-state index in [1.807, 2.05) is 24.3 Å². The Bertz CT molecular complexity index is 650. The molecule has 5 heteroatoms. The van der Waals surface area contributed by atoms with Crippen molar-refractivity contribution in [1.82, 2.24) is 15.0 Å². The molecular weight excluding hydrogens is 270 g/mol. The zero-order valence-corrected chi connectivity index (χ0v) is 9.68. The fourth-order valence-electron chi connectivity index (χ4n) is 1.51. The molecule has 0 spiro atoms. The van der Waals surface area contributed by atoms with Gasteiger partial charge in [0.1, 0.15) is 5.52 Å². The second kappa shape index (κ2) is 3.68. The fourth-order valence-corrected chi connectivity index (χ4v) is 1.82. The lowest BCUT2D eigenvalue weighted by atomic mass is 10.1. The fraction of sp³-hybridized carbons (Fsp3) is 0. The number of halogens is 1. The van der Waals surface area contributed by atoms with Crippen molar-refractivity contribution >= 4 is 27.0 Å². The molecule has 1 aromatic carbocycles. The molecule has 0 aliphatic rings. The third kappa shape index (κ3) is 1.59. The van der Waals surface area contributed by atoms with E-state index in [0.717, 1.165) is 22.4 Å². The van der Waals surface area contributed by atoms with Crippen LogP contribution in [-0.2, 0) is 0 Å². The minimum absolute atomic E-state index is 0.572. The van der Waals surface area contributed by atoms with E-state index in [0.29, 0.717) is 4.73 Å². The van der Waals surface area contributed by atoms with Gasteiger partial charge in [-0.25, -0.2) is 15.0 Å². The summed E-state index contributed by atoms with van der Waals surface area (Å²) in [6.45, 7) is 0. The summed E-state index contributed by atoms with van der Waals surface area (Å²) in [6, 6.07) is 7.63. The number of oxazole rings is 1. The maximum Gasteiger partial charge on any atom is 0.197 e. The predicted octanol–water partition coefficient (Wildman–Crippen LogP) is 3.05. The highest BCUT2D eigenvalue weighted by atomic mass is 79.9. The molecule has 0 atom stereocenters.